The summed E-state index contributed by atoms with van der Waals surface area (Å²) in [5, 5.41) is 16.0. The fourth-order valence-corrected chi connectivity index (χ4v) is 4.48. The van der Waals surface area contributed by atoms with Gasteiger partial charge in [0.1, 0.15) is 12.4 Å². The molecule has 1 saturated heterocycles. The van der Waals surface area contributed by atoms with Gasteiger partial charge in [-0.15, -0.1) is 6.42 Å². The van der Waals surface area contributed by atoms with Crippen LogP contribution in [0.3, 0.4) is 0 Å². The maximum absolute atomic E-state index is 10.6. The molecule has 0 bridgehead atoms. The molecule has 1 aromatic heterocycles. The molecule has 1 aliphatic rings. The molecule has 2 atom stereocenters. The third-order valence-corrected chi connectivity index (χ3v) is 6.33. The number of aliphatic hydroxyl groups excluding tert-OH is 1. The number of para-hydroxylation sites is 2. The summed E-state index contributed by atoms with van der Waals surface area (Å²) in [5.74, 6) is 3.56. The number of nitrogens with zero attached hydrogens (tertiary/aromatic N) is 3. The van der Waals surface area contributed by atoms with Crippen LogP contribution in [0.1, 0.15) is 24.1 Å². The molecule has 1 aliphatic heterocycles. The number of hydrogen-bond acceptors (Lipinski definition) is 6. The average Bonchev–Trinajstić information content (AvgIpc) is 3.49. The first kappa shape index (κ1) is 26.2. The lowest BCUT2D eigenvalue weighted by atomic mass is 10.1. The lowest BCUT2D eigenvalue weighted by Crippen LogP contribution is -2.39. The fraction of sp³-hybridized carbons (Fsp3) is 0.393. The predicted octanol–water partition coefficient (Wildman–Crippen LogP) is 4.62. The molecule has 8 heteroatoms. The van der Waals surface area contributed by atoms with Gasteiger partial charge in [0, 0.05) is 26.2 Å². The highest BCUT2D eigenvalue weighted by atomic mass is 35.5. The molecule has 1 fully saturated rings. The van der Waals surface area contributed by atoms with E-state index in [-0.39, 0.29) is 19.3 Å². The zero-order valence-electron chi connectivity index (χ0n) is 20.5. The highest BCUT2D eigenvalue weighted by Gasteiger charge is 2.26. The number of benzene rings is 2. The topological polar surface area (TPSA) is 69.0 Å². The minimum Gasteiger partial charge on any atom is -0.437 e. The summed E-state index contributed by atoms with van der Waals surface area (Å²) in [6, 6.07) is 17.2. The summed E-state index contributed by atoms with van der Waals surface area (Å²) in [5.41, 5.74) is 2.62. The monoisotopic (exact) mass is 509 g/mol. The maximum atomic E-state index is 10.6. The van der Waals surface area contributed by atoms with Gasteiger partial charge >= 0.3 is 0 Å². The molecular weight excluding hydrogens is 478 g/mol. The summed E-state index contributed by atoms with van der Waals surface area (Å²) in [6.07, 6.45) is 6.71. The molecule has 2 aromatic carbocycles. The zero-order chi connectivity index (χ0) is 25.3. The van der Waals surface area contributed by atoms with Crippen LogP contribution in [0, 0.1) is 19.3 Å². The molecule has 0 saturated carbocycles. The van der Waals surface area contributed by atoms with E-state index in [4.69, 9.17) is 37.3 Å². The third kappa shape index (κ3) is 6.88. The molecule has 0 spiro atoms. The van der Waals surface area contributed by atoms with E-state index in [9.17, 15) is 5.11 Å². The van der Waals surface area contributed by atoms with Crippen LogP contribution in [0.4, 0.5) is 0 Å². The lowest BCUT2D eigenvalue weighted by molar-refractivity contribution is 0.00935. The first-order chi connectivity index (χ1) is 17.5. The fourth-order valence-electron chi connectivity index (χ4n) is 4.31. The molecule has 1 N–H and O–H groups in total. The summed E-state index contributed by atoms with van der Waals surface area (Å²) in [7, 11) is 0. The molecule has 4 rings (SSSR count). The minimum absolute atomic E-state index is 0.112. The molecule has 7 nitrogen and oxygen atoms in total. The van der Waals surface area contributed by atoms with Crippen molar-refractivity contribution in [3.8, 4) is 29.7 Å². The van der Waals surface area contributed by atoms with E-state index >= 15 is 0 Å². The van der Waals surface area contributed by atoms with Crippen molar-refractivity contribution in [2.75, 3.05) is 32.9 Å². The number of ether oxygens (including phenoxy) is 3. The first-order valence-electron chi connectivity index (χ1n) is 12.1. The van der Waals surface area contributed by atoms with Crippen molar-refractivity contribution in [2.45, 2.75) is 38.5 Å². The zero-order valence-corrected chi connectivity index (χ0v) is 21.2. The second kappa shape index (κ2) is 12.9. The van der Waals surface area contributed by atoms with E-state index < -0.39 is 6.10 Å². The van der Waals surface area contributed by atoms with Gasteiger partial charge in [0.05, 0.1) is 40.8 Å². The van der Waals surface area contributed by atoms with Crippen LogP contribution >= 0.6 is 11.6 Å². The van der Waals surface area contributed by atoms with Gasteiger partial charge in [-0.2, -0.15) is 5.10 Å². The number of terminal acetylenes is 1. The summed E-state index contributed by atoms with van der Waals surface area (Å²) >= 11 is 6.44. The van der Waals surface area contributed by atoms with Crippen molar-refractivity contribution in [3.63, 3.8) is 0 Å². The van der Waals surface area contributed by atoms with Crippen LogP contribution < -0.4 is 4.74 Å². The van der Waals surface area contributed by atoms with Gasteiger partial charge in [-0.1, -0.05) is 47.9 Å². The number of aryl methyl sites for hydroxylation is 1. The van der Waals surface area contributed by atoms with Crippen LogP contribution in [0.5, 0.6) is 11.6 Å². The summed E-state index contributed by atoms with van der Waals surface area (Å²) < 4.78 is 19.5. The molecule has 190 valence electrons. The Morgan fingerprint density at radius 3 is 2.75 bits per heavy atom. The standard InChI is InChI=1S/C28H32ClN3O4/c1-3-15-34-20-23(33)17-31(18-24-12-9-16-35-24)19-25-21(2)30-32(22-10-5-4-6-11-22)28(25)36-27-14-8-7-13-26(27)29/h1,4-8,10-11,13-14,23-24,33H,9,12,15-20H2,2H3/t23-,24-/m1/s1. The minimum atomic E-state index is -0.697. The van der Waals surface area contributed by atoms with E-state index in [0.717, 1.165) is 36.4 Å². The van der Waals surface area contributed by atoms with Gasteiger partial charge in [-0.3, -0.25) is 4.90 Å². The normalized spacial score (nSPS) is 16.2. The van der Waals surface area contributed by atoms with Crippen molar-refractivity contribution in [2.24, 2.45) is 0 Å². The van der Waals surface area contributed by atoms with Gasteiger partial charge in [0.15, 0.2) is 0 Å². The Hall–Kier alpha value is -2.86. The number of halogens is 1. The number of hydrogen-bond donors (Lipinski definition) is 1. The van der Waals surface area contributed by atoms with Crippen LogP contribution in [0.25, 0.3) is 5.69 Å². The SMILES string of the molecule is C#CCOC[C@H](O)CN(Cc1c(C)nn(-c2ccccc2)c1Oc1ccccc1Cl)C[C@H]1CCCO1. The molecule has 0 radical (unpaired) electrons. The Morgan fingerprint density at radius 1 is 1.25 bits per heavy atom. The lowest BCUT2D eigenvalue weighted by Gasteiger charge is -2.27. The Bertz CT molecular complexity index is 1160. The third-order valence-electron chi connectivity index (χ3n) is 6.01. The van der Waals surface area contributed by atoms with Crippen molar-refractivity contribution < 1.29 is 19.3 Å². The first-order valence-corrected chi connectivity index (χ1v) is 12.5. The van der Waals surface area contributed by atoms with E-state index in [0.29, 0.717) is 36.3 Å². The molecule has 3 aromatic rings. The van der Waals surface area contributed by atoms with E-state index in [1.54, 1.807) is 10.7 Å². The highest BCUT2D eigenvalue weighted by Crippen LogP contribution is 2.35. The summed E-state index contributed by atoms with van der Waals surface area (Å²) in [6.45, 7) is 4.63. The van der Waals surface area contributed by atoms with Gasteiger partial charge < -0.3 is 19.3 Å². The van der Waals surface area contributed by atoms with E-state index in [1.807, 2.05) is 55.5 Å². The molecule has 0 aliphatic carbocycles. The number of rotatable bonds is 12. The Kier molecular flexibility index (Phi) is 9.40. The smallest absolute Gasteiger partial charge is 0.227 e. The van der Waals surface area contributed by atoms with Gasteiger partial charge in [0.25, 0.3) is 0 Å². The van der Waals surface area contributed by atoms with E-state index in [2.05, 4.69) is 10.8 Å². The molecule has 0 unspecified atom stereocenters. The largest absolute Gasteiger partial charge is 0.437 e. The molecule has 2 heterocycles. The van der Waals surface area contributed by atoms with Gasteiger partial charge in [0.2, 0.25) is 5.88 Å². The van der Waals surface area contributed by atoms with Crippen molar-refractivity contribution in [1.29, 1.82) is 0 Å². The van der Waals surface area contributed by atoms with Crippen LogP contribution in [-0.4, -0.2) is 64.9 Å². The van der Waals surface area contributed by atoms with Crippen LogP contribution in [0.2, 0.25) is 5.02 Å². The quantitative estimate of drug-likeness (QED) is 0.284. The maximum Gasteiger partial charge on any atom is 0.227 e. The molecular formula is C28H32ClN3O4. The van der Waals surface area contributed by atoms with Crippen LogP contribution in [0.15, 0.2) is 54.6 Å². The second-order valence-electron chi connectivity index (χ2n) is 8.85. The van der Waals surface area contributed by atoms with Gasteiger partial charge in [-0.05, 0) is 44.0 Å². The predicted molar refractivity (Wildman–Crippen MR) is 140 cm³/mol. The van der Waals surface area contributed by atoms with Crippen LogP contribution in [-0.2, 0) is 16.0 Å². The van der Waals surface area contributed by atoms with Crippen molar-refractivity contribution >= 4 is 11.6 Å². The molecule has 36 heavy (non-hydrogen) atoms. The van der Waals surface area contributed by atoms with E-state index in [1.165, 1.54) is 0 Å². The Balaban J connectivity index is 1.65. The summed E-state index contributed by atoms with van der Waals surface area (Å²) in [4.78, 5) is 2.17. The molecule has 0 amide bonds. The Labute approximate surface area is 217 Å². The Morgan fingerprint density at radius 2 is 2.03 bits per heavy atom. The number of aliphatic hydroxyl groups is 1. The highest BCUT2D eigenvalue weighted by molar-refractivity contribution is 6.32. The number of aromatic nitrogens is 2. The van der Waals surface area contributed by atoms with Crippen molar-refractivity contribution in [3.05, 3.63) is 70.9 Å². The van der Waals surface area contributed by atoms with Gasteiger partial charge in [-0.25, -0.2) is 4.68 Å². The second-order valence-corrected chi connectivity index (χ2v) is 9.26. The van der Waals surface area contributed by atoms with Crippen molar-refractivity contribution in [1.82, 2.24) is 14.7 Å². The average molecular weight is 510 g/mol.